The van der Waals surface area contributed by atoms with Crippen molar-refractivity contribution in [1.82, 2.24) is 4.90 Å². The monoisotopic (exact) mass is 209 g/mol. The number of fused-ring (bicyclic) bond motifs is 1. The summed E-state index contributed by atoms with van der Waals surface area (Å²) >= 11 is 0. The normalized spacial score (nSPS) is 28.5. The number of likely N-dealkylation sites (tertiary alicyclic amines) is 1. The molecule has 0 aromatic carbocycles. The van der Waals surface area contributed by atoms with Crippen LogP contribution < -0.4 is 0 Å². The molecule has 1 heterocycles. The highest BCUT2D eigenvalue weighted by atomic mass is 16.2. The zero-order valence-electron chi connectivity index (χ0n) is 9.37. The van der Waals surface area contributed by atoms with E-state index in [1.165, 1.54) is 24.2 Å². The van der Waals surface area contributed by atoms with Crippen LogP contribution in [0.25, 0.3) is 0 Å². The molecule has 2 atom stereocenters. The molecule has 2 unspecified atom stereocenters. The SMILES string of the molecule is CCCCCCCN1C(=O)C2CC2C1=O. The molecule has 1 aliphatic carbocycles. The average molecular weight is 209 g/mol. The number of amides is 2. The van der Waals surface area contributed by atoms with Crippen LogP contribution in [0.15, 0.2) is 0 Å². The molecule has 1 aliphatic heterocycles. The van der Waals surface area contributed by atoms with Crippen LogP contribution in [0.1, 0.15) is 45.4 Å². The molecule has 0 aromatic rings. The van der Waals surface area contributed by atoms with Gasteiger partial charge in [0.2, 0.25) is 11.8 Å². The quantitative estimate of drug-likeness (QED) is 0.495. The van der Waals surface area contributed by atoms with Gasteiger partial charge in [-0.1, -0.05) is 32.6 Å². The smallest absolute Gasteiger partial charge is 0.233 e. The zero-order valence-corrected chi connectivity index (χ0v) is 9.37. The average Bonchev–Trinajstić information content (AvgIpc) is 2.97. The second kappa shape index (κ2) is 4.33. The Labute approximate surface area is 90.8 Å². The minimum atomic E-state index is 0.0770. The van der Waals surface area contributed by atoms with Crippen molar-refractivity contribution < 1.29 is 9.59 Å². The van der Waals surface area contributed by atoms with Gasteiger partial charge in [-0.05, 0) is 12.8 Å². The largest absolute Gasteiger partial charge is 0.282 e. The predicted molar refractivity (Wildman–Crippen MR) is 57.1 cm³/mol. The molecule has 0 aromatic heterocycles. The molecule has 3 nitrogen and oxygen atoms in total. The van der Waals surface area contributed by atoms with Gasteiger partial charge in [0.05, 0.1) is 11.8 Å². The number of nitrogens with zero attached hydrogens (tertiary/aromatic N) is 1. The van der Waals surface area contributed by atoms with Crippen LogP contribution in [0, 0.1) is 11.8 Å². The summed E-state index contributed by atoms with van der Waals surface area (Å²) in [6.07, 6.45) is 6.65. The summed E-state index contributed by atoms with van der Waals surface area (Å²) in [5, 5.41) is 0. The standard InChI is InChI=1S/C12H19NO2/c1-2-3-4-5-6-7-13-11(14)9-8-10(9)12(13)15/h9-10H,2-8H2,1H3. The lowest BCUT2D eigenvalue weighted by Crippen LogP contribution is -2.33. The molecule has 0 N–H and O–H groups in total. The topological polar surface area (TPSA) is 37.4 Å². The number of carbonyl (C=O) groups excluding carboxylic acids is 2. The molecule has 2 fully saturated rings. The van der Waals surface area contributed by atoms with Gasteiger partial charge in [0.15, 0.2) is 0 Å². The van der Waals surface area contributed by atoms with E-state index in [1.807, 2.05) is 0 Å². The molecule has 0 bridgehead atoms. The number of carbonyl (C=O) groups is 2. The summed E-state index contributed by atoms with van der Waals surface area (Å²) in [4.78, 5) is 24.7. The molecule has 2 amide bonds. The predicted octanol–water partition coefficient (Wildman–Crippen LogP) is 1.96. The highest BCUT2D eigenvalue weighted by Crippen LogP contribution is 2.46. The summed E-state index contributed by atoms with van der Waals surface area (Å²) in [5.74, 6) is 0.349. The second-order valence-corrected chi connectivity index (χ2v) is 4.69. The number of hydrogen-bond donors (Lipinski definition) is 0. The number of piperidine rings is 1. The summed E-state index contributed by atoms with van der Waals surface area (Å²) in [7, 11) is 0. The molecule has 84 valence electrons. The Morgan fingerprint density at radius 1 is 1.07 bits per heavy atom. The van der Waals surface area contributed by atoms with E-state index in [9.17, 15) is 9.59 Å². The van der Waals surface area contributed by atoms with Crippen LogP contribution in [-0.4, -0.2) is 23.3 Å². The van der Waals surface area contributed by atoms with Gasteiger partial charge in [-0.3, -0.25) is 14.5 Å². The molecule has 3 heteroatoms. The highest BCUT2D eigenvalue weighted by Gasteiger charge is 2.58. The highest BCUT2D eigenvalue weighted by molar-refractivity contribution is 6.08. The lowest BCUT2D eigenvalue weighted by molar-refractivity contribution is -0.141. The third-order valence-corrected chi connectivity index (χ3v) is 3.44. The van der Waals surface area contributed by atoms with Crippen LogP contribution in [0.5, 0.6) is 0 Å². The molecule has 15 heavy (non-hydrogen) atoms. The Balaban J connectivity index is 1.67. The van der Waals surface area contributed by atoms with Crippen molar-refractivity contribution in [1.29, 1.82) is 0 Å². The van der Waals surface area contributed by atoms with Crippen LogP contribution in [0.4, 0.5) is 0 Å². The molecule has 1 saturated heterocycles. The minimum absolute atomic E-state index is 0.0770. The van der Waals surface area contributed by atoms with Gasteiger partial charge < -0.3 is 0 Å². The number of hydrogen-bond acceptors (Lipinski definition) is 2. The Morgan fingerprint density at radius 2 is 1.67 bits per heavy atom. The number of imide groups is 1. The van der Waals surface area contributed by atoms with Gasteiger partial charge in [0, 0.05) is 6.54 Å². The van der Waals surface area contributed by atoms with Crippen molar-refractivity contribution in [2.24, 2.45) is 11.8 Å². The van der Waals surface area contributed by atoms with E-state index in [1.54, 1.807) is 0 Å². The molecule has 0 spiro atoms. The van der Waals surface area contributed by atoms with E-state index in [0.29, 0.717) is 6.54 Å². The van der Waals surface area contributed by atoms with Crippen molar-refractivity contribution in [3.63, 3.8) is 0 Å². The summed E-state index contributed by atoms with van der Waals surface area (Å²) in [6.45, 7) is 2.84. The maximum Gasteiger partial charge on any atom is 0.233 e. The third kappa shape index (κ3) is 2.06. The fraction of sp³-hybridized carbons (Fsp3) is 0.833. The second-order valence-electron chi connectivity index (χ2n) is 4.69. The fourth-order valence-corrected chi connectivity index (χ4v) is 2.34. The molecular weight excluding hydrogens is 190 g/mol. The number of unbranched alkanes of at least 4 members (excludes halogenated alkanes) is 4. The van der Waals surface area contributed by atoms with Crippen LogP contribution >= 0.6 is 0 Å². The minimum Gasteiger partial charge on any atom is -0.282 e. The first-order chi connectivity index (χ1) is 7.25. The zero-order chi connectivity index (χ0) is 10.8. The van der Waals surface area contributed by atoms with E-state index in [0.717, 1.165) is 19.3 Å². The van der Waals surface area contributed by atoms with E-state index < -0.39 is 0 Å². The Hall–Kier alpha value is -0.860. The first-order valence-corrected chi connectivity index (χ1v) is 6.11. The van der Waals surface area contributed by atoms with Gasteiger partial charge in [-0.2, -0.15) is 0 Å². The Bertz CT molecular complexity index is 255. The number of rotatable bonds is 6. The molecular formula is C12H19NO2. The van der Waals surface area contributed by atoms with Gasteiger partial charge >= 0.3 is 0 Å². The van der Waals surface area contributed by atoms with Crippen molar-refractivity contribution in [2.45, 2.75) is 45.4 Å². The first kappa shape index (κ1) is 10.7. The molecule has 2 aliphatic rings. The van der Waals surface area contributed by atoms with E-state index in [-0.39, 0.29) is 23.7 Å². The molecule has 2 rings (SSSR count). The maximum absolute atomic E-state index is 11.6. The summed E-state index contributed by atoms with van der Waals surface area (Å²) < 4.78 is 0. The van der Waals surface area contributed by atoms with Gasteiger partial charge in [0.1, 0.15) is 0 Å². The van der Waals surface area contributed by atoms with E-state index >= 15 is 0 Å². The summed E-state index contributed by atoms with van der Waals surface area (Å²) in [5.41, 5.74) is 0. The summed E-state index contributed by atoms with van der Waals surface area (Å²) in [6, 6.07) is 0. The Kier molecular flexibility index (Phi) is 3.08. The van der Waals surface area contributed by atoms with Gasteiger partial charge in [-0.25, -0.2) is 0 Å². The van der Waals surface area contributed by atoms with Gasteiger partial charge in [0.25, 0.3) is 0 Å². The third-order valence-electron chi connectivity index (χ3n) is 3.44. The Morgan fingerprint density at radius 3 is 2.27 bits per heavy atom. The van der Waals surface area contributed by atoms with Crippen LogP contribution in [0.3, 0.4) is 0 Å². The lowest BCUT2D eigenvalue weighted by atomic mass is 10.1. The van der Waals surface area contributed by atoms with Gasteiger partial charge in [-0.15, -0.1) is 0 Å². The molecule has 0 radical (unpaired) electrons. The van der Waals surface area contributed by atoms with Crippen LogP contribution in [-0.2, 0) is 9.59 Å². The van der Waals surface area contributed by atoms with Crippen LogP contribution in [0.2, 0.25) is 0 Å². The molecule has 1 saturated carbocycles. The van der Waals surface area contributed by atoms with E-state index in [2.05, 4.69) is 6.92 Å². The lowest BCUT2D eigenvalue weighted by Gasteiger charge is -2.15. The first-order valence-electron chi connectivity index (χ1n) is 6.11. The van der Waals surface area contributed by atoms with E-state index in [4.69, 9.17) is 0 Å². The van der Waals surface area contributed by atoms with Crippen molar-refractivity contribution in [3.05, 3.63) is 0 Å². The fourth-order valence-electron chi connectivity index (χ4n) is 2.34. The van der Waals surface area contributed by atoms with Crippen molar-refractivity contribution in [3.8, 4) is 0 Å². The van der Waals surface area contributed by atoms with Crippen molar-refractivity contribution >= 4 is 11.8 Å². The maximum atomic E-state index is 11.6. The van der Waals surface area contributed by atoms with Crippen molar-refractivity contribution in [2.75, 3.05) is 6.54 Å².